The molecule has 0 nitrogen and oxygen atoms in total. The van der Waals surface area contributed by atoms with Crippen LogP contribution in [0.4, 0.5) is 0 Å². The summed E-state index contributed by atoms with van der Waals surface area (Å²) in [6.07, 6.45) is 2.55. The monoisotopic (exact) mass is 260 g/mol. The van der Waals surface area contributed by atoms with E-state index in [-0.39, 0.29) is 0 Å². The first kappa shape index (κ1) is 12.0. The third-order valence-electron chi connectivity index (χ3n) is 5.24. The van der Waals surface area contributed by atoms with Crippen molar-refractivity contribution in [2.45, 2.75) is 39.5 Å². The van der Waals surface area contributed by atoms with Gasteiger partial charge in [-0.1, -0.05) is 43.3 Å². The van der Waals surface area contributed by atoms with Gasteiger partial charge in [-0.3, -0.25) is 0 Å². The lowest BCUT2D eigenvalue weighted by Crippen LogP contribution is -1.97. The Morgan fingerprint density at radius 2 is 1.70 bits per heavy atom. The van der Waals surface area contributed by atoms with Crippen LogP contribution in [0.5, 0.6) is 0 Å². The Kier molecular flexibility index (Phi) is 2.44. The Hall–Kier alpha value is -1.82. The lowest BCUT2D eigenvalue weighted by Gasteiger charge is -2.17. The molecule has 0 N–H and O–H groups in total. The topological polar surface area (TPSA) is 0 Å². The lowest BCUT2D eigenvalue weighted by atomic mass is 9.87. The van der Waals surface area contributed by atoms with Crippen molar-refractivity contribution in [2.24, 2.45) is 0 Å². The summed E-state index contributed by atoms with van der Waals surface area (Å²) < 4.78 is 0. The summed E-state index contributed by atoms with van der Waals surface area (Å²) in [7, 11) is 0. The molecule has 0 heterocycles. The second-order valence-electron chi connectivity index (χ2n) is 6.29. The minimum Gasteiger partial charge on any atom is -0.0616 e. The molecule has 0 amide bonds. The number of benzene rings is 3. The van der Waals surface area contributed by atoms with E-state index < -0.39 is 0 Å². The molecule has 0 fully saturated rings. The number of fused-ring (bicyclic) bond motifs is 5. The fourth-order valence-corrected chi connectivity index (χ4v) is 4.13. The maximum atomic E-state index is 2.38. The van der Waals surface area contributed by atoms with Gasteiger partial charge in [-0.05, 0) is 76.4 Å². The van der Waals surface area contributed by atoms with E-state index in [4.69, 9.17) is 0 Å². The van der Waals surface area contributed by atoms with Crippen LogP contribution in [0, 0.1) is 13.8 Å². The van der Waals surface area contributed by atoms with Crippen LogP contribution in [-0.2, 0) is 6.42 Å². The summed E-state index contributed by atoms with van der Waals surface area (Å²) >= 11 is 0. The number of hydrogen-bond acceptors (Lipinski definition) is 0. The molecule has 0 bridgehead atoms. The van der Waals surface area contributed by atoms with Gasteiger partial charge in [-0.15, -0.1) is 0 Å². The van der Waals surface area contributed by atoms with Gasteiger partial charge in [0.25, 0.3) is 0 Å². The number of hydrogen-bond donors (Lipinski definition) is 0. The molecule has 0 saturated carbocycles. The van der Waals surface area contributed by atoms with Crippen molar-refractivity contribution in [2.75, 3.05) is 0 Å². The van der Waals surface area contributed by atoms with E-state index in [9.17, 15) is 0 Å². The molecule has 0 saturated heterocycles. The molecule has 1 atom stereocenters. The summed E-state index contributed by atoms with van der Waals surface area (Å²) in [5.74, 6) is 0.722. The van der Waals surface area contributed by atoms with Crippen molar-refractivity contribution < 1.29 is 0 Å². The van der Waals surface area contributed by atoms with Gasteiger partial charge in [0.05, 0.1) is 0 Å². The van der Waals surface area contributed by atoms with Gasteiger partial charge in [0, 0.05) is 0 Å². The van der Waals surface area contributed by atoms with E-state index in [1.54, 1.807) is 11.1 Å². The first-order chi connectivity index (χ1) is 9.68. The zero-order chi connectivity index (χ0) is 13.9. The fraction of sp³-hybridized carbons (Fsp3) is 0.300. The van der Waals surface area contributed by atoms with Crippen LogP contribution in [0.25, 0.3) is 21.5 Å². The summed E-state index contributed by atoms with van der Waals surface area (Å²) in [6.45, 7) is 7.00. The SMILES string of the molecule is Cc1c2c(c3ccc4ccccc4c3c1C)CCC2C. The largest absolute Gasteiger partial charge is 0.0616 e. The Balaban J connectivity index is 2.27. The van der Waals surface area contributed by atoms with Gasteiger partial charge in [-0.25, -0.2) is 0 Å². The van der Waals surface area contributed by atoms with Crippen molar-refractivity contribution in [3.8, 4) is 0 Å². The lowest BCUT2D eigenvalue weighted by molar-refractivity contribution is 0.743. The third-order valence-corrected chi connectivity index (χ3v) is 5.24. The van der Waals surface area contributed by atoms with Gasteiger partial charge in [0.2, 0.25) is 0 Å². The minimum atomic E-state index is 0.722. The second kappa shape index (κ2) is 4.09. The molecule has 0 spiro atoms. The molecule has 3 aromatic carbocycles. The summed E-state index contributed by atoms with van der Waals surface area (Å²) in [5, 5.41) is 5.74. The number of aryl methyl sites for hydroxylation is 2. The fourth-order valence-electron chi connectivity index (χ4n) is 4.13. The maximum absolute atomic E-state index is 2.38. The van der Waals surface area contributed by atoms with Crippen LogP contribution < -0.4 is 0 Å². The zero-order valence-electron chi connectivity index (χ0n) is 12.5. The van der Waals surface area contributed by atoms with E-state index in [0.29, 0.717) is 0 Å². The van der Waals surface area contributed by atoms with Crippen molar-refractivity contribution in [1.82, 2.24) is 0 Å². The molecule has 4 rings (SSSR count). The summed E-state index contributed by atoms with van der Waals surface area (Å²) in [5.41, 5.74) is 6.24. The second-order valence-corrected chi connectivity index (χ2v) is 6.29. The highest BCUT2D eigenvalue weighted by Crippen LogP contribution is 2.43. The Bertz CT molecular complexity index is 840. The van der Waals surface area contributed by atoms with Crippen molar-refractivity contribution >= 4 is 21.5 Å². The van der Waals surface area contributed by atoms with E-state index in [1.807, 2.05) is 0 Å². The van der Waals surface area contributed by atoms with Gasteiger partial charge in [0.15, 0.2) is 0 Å². The molecule has 3 aromatic rings. The van der Waals surface area contributed by atoms with E-state index in [2.05, 4.69) is 57.2 Å². The van der Waals surface area contributed by atoms with Crippen LogP contribution in [-0.4, -0.2) is 0 Å². The first-order valence-electron chi connectivity index (χ1n) is 7.62. The normalized spacial score (nSPS) is 17.9. The van der Waals surface area contributed by atoms with Crippen LogP contribution in [0.1, 0.15) is 41.5 Å². The highest BCUT2D eigenvalue weighted by molar-refractivity contribution is 6.11. The van der Waals surface area contributed by atoms with Gasteiger partial charge >= 0.3 is 0 Å². The predicted molar refractivity (Wildman–Crippen MR) is 87.7 cm³/mol. The highest BCUT2D eigenvalue weighted by atomic mass is 14.3. The van der Waals surface area contributed by atoms with Gasteiger partial charge in [-0.2, -0.15) is 0 Å². The molecule has 1 aliphatic carbocycles. The van der Waals surface area contributed by atoms with Crippen LogP contribution >= 0.6 is 0 Å². The molecule has 0 heteroatoms. The Morgan fingerprint density at radius 1 is 0.900 bits per heavy atom. The summed E-state index contributed by atoms with van der Waals surface area (Å²) in [6, 6.07) is 13.4. The van der Waals surface area contributed by atoms with Crippen LogP contribution in [0.15, 0.2) is 36.4 Å². The Morgan fingerprint density at radius 3 is 2.55 bits per heavy atom. The molecule has 1 aliphatic rings. The van der Waals surface area contributed by atoms with Crippen LogP contribution in [0.2, 0.25) is 0 Å². The molecule has 20 heavy (non-hydrogen) atoms. The predicted octanol–water partition coefficient (Wildman–Crippen LogP) is 5.66. The molecular weight excluding hydrogens is 240 g/mol. The Labute approximate surface area is 120 Å². The summed E-state index contributed by atoms with van der Waals surface area (Å²) in [4.78, 5) is 0. The van der Waals surface area contributed by atoms with E-state index in [1.165, 1.54) is 45.5 Å². The molecular formula is C20H20. The van der Waals surface area contributed by atoms with E-state index >= 15 is 0 Å². The average Bonchev–Trinajstić information content (AvgIpc) is 2.86. The van der Waals surface area contributed by atoms with E-state index in [0.717, 1.165) is 5.92 Å². The van der Waals surface area contributed by atoms with Gasteiger partial charge in [0.1, 0.15) is 0 Å². The molecule has 0 aromatic heterocycles. The zero-order valence-corrected chi connectivity index (χ0v) is 12.5. The first-order valence-corrected chi connectivity index (χ1v) is 7.62. The molecule has 100 valence electrons. The van der Waals surface area contributed by atoms with Crippen molar-refractivity contribution in [1.29, 1.82) is 0 Å². The van der Waals surface area contributed by atoms with Gasteiger partial charge < -0.3 is 0 Å². The van der Waals surface area contributed by atoms with Crippen molar-refractivity contribution in [3.05, 3.63) is 58.7 Å². The standard InChI is InChI=1S/C20H20/c1-12-8-10-17-18-11-9-15-6-4-5-7-16(15)20(18)14(3)13(2)19(12)17/h4-7,9,11-12H,8,10H2,1-3H3. The third kappa shape index (κ3) is 1.42. The quantitative estimate of drug-likeness (QED) is 0.457. The van der Waals surface area contributed by atoms with Crippen LogP contribution in [0.3, 0.4) is 0 Å². The van der Waals surface area contributed by atoms with Crippen molar-refractivity contribution in [3.63, 3.8) is 0 Å². The highest BCUT2D eigenvalue weighted by Gasteiger charge is 2.25. The molecule has 0 aliphatic heterocycles. The maximum Gasteiger partial charge on any atom is -0.00705 e. The minimum absolute atomic E-state index is 0.722. The molecule has 1 unspecified atom stereocenters. The smallest absolute Gasteiger partial charge is 0.00705 e. The number of rotatable bonds is 0. The average molecular weight is 260 g/mol. The molecule has 0 radical (unpaired) electrons.